The summed E-state index contributed by atoms with van der Waals surface area (Å²) in [4.78, 5) is 23.2. The molecule has 3 heterocycles. The van der Waals surface area contributed by atoms with Crippen LogP contribution in [-0.4, -0.2) is 70.0 Å². The van der Waals surface area contributed by atoms with Gasteiger partial charge in [0.05, 0.1) is 18.9 Å². The van der Waals surface area contributed by atoms with Crippen LogP contribution in [0.25, 0.3) is 16.8 Å². The molecular weight excluding hydrogens is 348 g/mol. The third kappa shape index (κ3) is 3.76. The van der Waals surface area contributed by atoms with Crippen molar-refractivity contribution in [1.29, 1.82) is 0 Å². The van der Waals surface area contributed by atoms with Crippen LogP contribution in [0.15, 0.2) is 30.6 Å². The number of fused-ring (bicyclic) bond motifs is 1. The van der Waals surface area contributed by atoms with Crippen LogP contribution in [0.4, 0.5) is 10.6 Å². The summed E-state index contributed by atoms with van der Waals surface area (Å²) in [7, 11) is 5.00. The first kappa shape index (κ1) is 18.4. The van der Waals surface area contributed by atoms with E-state index in [4.69, 9.17) is 14.8 Å². The molecule has 0 radical (unpaired) electrons. The van der Waals surface area contributed by atoms with Gasteiger partial charge in [0.25, 0.3) is 0 Å². The fraction of sp³-hybridized carbons (Fsp3) is 0.333. The Bertz CT molecular complexity index is 971. The number of amides is 1. The molecular formula is C18H22N6O3. The van der Waals surface area contributed by atoms with Crippen LogP contribution in [0.3, 0.4) is 0 Å². The van der Waals surface area contributed by atoms with E-state index in [1.54, 1.807) is 24.9 Å². The number of carbonyl (C=O) groups is 1. The Labute approximate surface area is 156 Å². The number of pyridine rings is 1. The average molecular weight is 370 g/mol. The van der Waals surface area contributed by atoms with E-state index in [1.165, 1.54) is 4.90 Å². The molecule has 0 aliphatic carbocycles. The first-order valence-electron chi connectivity index (χ1n) is 8.42. The van der Waals surface area contributed by atoms with Gasteiger partial charge >= 0.3 is 6.09 Å². The van der Waals surface area contributed by atoms with Gasteiger partial charge in [-0.1, -0.05) is 0 Å². The van der Waals surface area contributed by atoms with E-state index in [1.807, 2.05) is 43.3 Å². The number of hydrogen-bond acceptors (Lipinski definition) is 6. The minimum absolute atomic E-state index is 0.376. The van der Waals surface area contributed by atoms with Gasteiger partial charge in [-0.25, -0.2) is 19.3 Å². The van der Waals surface area contributed by atoms with Crippen molar-refractivity contribution in [2.24, 2.45) is 0 Å². The lowest BCUT2D eigenvalue weighted by molar-refractivity contribution is 0.157. The Morgan fingerprint density at radius 1 is 1.19 bits per heavy atom. The van der Waals surface area contributed by atoms with Crippen LogP contribution < -0.4 is 9.64 Å². The highest BCUT2D eigenvalue weighted by molar-refractivity contribution is 5.80. The number of anilines is 1. The second kappa shape index (κ2) is 7.48. The van der Waals surface area contributed by atoms with Crippen LogP contribution in [0.2, 0.25) is 0 Å². The fourth-order valence-corrected chi connectivity index (χ4v) is 2.67. The molecule has 0 aromatic carbocycles. The molecule has 9 nitrogen and oxygen atoms in total. The fourth-order valence-electron chi connectivity index (χ4n) is 2.67. The van der Waals surface area contributed by atoms with Crippen molar-refractivity contribution in [1.82, 2.24) is 24.5 Å². The van der Waals surface area contributed by atoms with E-state index in [-0.39, 0.29) is 0 Å². The lowest BCUT2D eigenvalue weighted by atomic mass is 10.1. The Hall–Kier alpha value is -3.36. The van der Waals surface area contributed by atoms with Crippen LogP contribution in [0.5, 0.6) is 5.88 Å². The predicted molar refractivity (Wildman–Crippen MR) is 101 cm³/mol. The zero-order chi connectivity index (χ0) is 19.6. The van der Waals surface area contributed by atoms with Gasteiger partial charge in [-0.15, -0.1) is 0 Å². The number of aromatic nitrogens is 4. The molecule has 0 saturated carbocycles. The topological polar surface area (TPSA) is 96.1 Å². The van der Waals surface area contributed by atoms with Crippen molar-refractivity contribution in [3.63, 3.8) is 0 Å². The summed E-state index contributed by atoms with van der Waals surface area (Å²) in [6.07, 6.45) is 2.61. The van der Waals surface area contributed by atoms with Gasteiger partial charge in [0.15, 0.2) is 5.65 Å². The third-order valence-corrected chi connectivity index (χ3v) is 4.33. The summed E-state index contributed by atoms with van der Waals surface area (Å²) < 4.78 is 7.11. The monoisotopic (exact) mass is 370 g/mol. The van der Waals surface area contributed by atoms with Crippen molar-refractivity contribution in [2.45, 2.75) is 6.92 Å². The van der Waals surface area contributed by atoms with Crippen molar-refractivity contribution < 1.29 is 14.6 Å². The molecule has 0 unspecified atom stereocenters. The molecule has 3 aromatic heterocycles. The summed E-state index contributed by atoms with van der Waals surface area (Å²) in [6.45, 7) is 2.80. The smallest absolute Gasteiger partial charge is 0.407 e. The normalized spacial score (nSPS) is 10.8. The molecule has 0 fully saturated rings. The van der Waals surface area contributed by atoms with Gasteiger partial charge in [-0.05, 0) is 25.1 Å². The maximum Gasteiger partial charge on any atom is 0.407 e. The highest BCUT2D eigenvalue weighted by Gasteiger charge is 2.16. The number of aryl methyl sites for hydroxylation is 1. The molecule has 0 atom stereocenters. The summed E-state index contributed by atoms with van der Waals surface area (Å²) in [6, 6.07) is 5.70. The zero-order valence-electron chi connectivity index (χ0n) is 15.7. The number of ether oxygens (including phenoxy) is 1. The van der Waals surface area contributed by atoms with Crippen LogP contribution in [-0.2, 0) is 0 Å². The Kier molecular flexibility index (Phi) is 5.11. The molecule has 0 saturated heterocycles. The molecule has 0 bridgehead atoms. The quantitative estimate of drug-likeness (QED) is 0.710. The number of hydrogen-bond donors (Lipinski definition) is 1. The number of carboxylic acid groups (broad SMARTS) is 1. The van der Waals surface area contributed by atoms with Gasteiger partial charge in [0.2, 0.25) is 5.88 Å². The lowest BCUT2D eigenvalue weighted by Gasteiger charge is -2.21. The first-order valence-corrected chi connectivity index (χ1v) is 8.42. The molecule has 1 N–H and O–H groups in total. The predicted octanol–water partition coefficient (Wildman–Crippen LogP) is 2.15. The van der Waals surface area contributed by atoms with Gasteiger partial charge < -0.3 is 19.6 Å². The van der Waals surface area contributed by atoms with Crippen LogP contribution in [0.1, 0.15) is 5.69 Å². The molecule has 3 rings (SSSR count). The standard InChI is InChI=1S/C18H22N6O3/c1-12-5-6-13(17(20-12)27-4)14-11-19-24-8-7-15(21-16(14)24)22(2)9-10-23(3)18(25)26/h5-8,11H,9-10H2,1-4H3,(H,25,26). The van der Waals surface area contributed by atoms with Crippen molar-refractivity contribution in [3.8, 4) is 17.0 Å². The van der Waals surface area contributed by atoms with E-state index in [0.717, 1.165) is 22.6 Å². The van der Waals surface area contributed by atoms with E-state index in [2.05, 4.69) is 10.1 Å². The summed E-state index contributed by atoms with van der Waals surface area (Å²) in [5.74, 6) is 1.25. The van der Waals surface area contributed by atoms with Gasteiger partial charge in [0.1, 0.15) is 5.82 Å². The molecule has 0 aliphatic rings. The number of nitrogens with zero attached hydrogens (tertiary/aromatic N) is 6. The maximum absolute atomic E-state index is 10.9. The van der Waals surface area contributed by atoms with Crippen molar-refractivity contribution in [2.75, 3.05) is 39.2 Å². The van der Waals surface area contributed by atoms with Gasteiger partial charge in [-0.2, -0.15) is 5.10 Å². The van der Waals surface area contributed by atoms with E-state index in [9.17, 15) is 4.79 Å². The molecule has 0 aliphatic heterocycles. The van der Waals surface area contributed by atoms with E-state index < -0.39 is 6.09 Å². The zero-order valence-corrected chi connectivity index (χ0v) is 15.7. The molecule has 0 spiro atoms. The van der Waals surface area contributed by atoms with E-state index >= 15 is 0 Å². The van der Waals surface area contributed by atoms with Gasteiger partial charge in [0, 0.05) is 44.6 Å². The molecule has 1 amide bonds. The molecule has 3 aromatic rings. The number of likely N-dealkylation sites (N-methyl/N-ethyl adjacent to an activating group) is 2. The maximum atomic E-state index is 10.9. The molecule has 142 valence electrons. The summed E-state index contributed by atoms with van der Waals surface area (Å²) in [5.41, 5.74) is 3.17. The first-order chi connectivity index (χ1) is 12.9. The number of rotatable bonds is 6. The van der Waals surface area contributed by atoms with Gasteiger partial charge in [-0.3, -0.25) is 0 Å². The second-order valence-electron chi connectivity index (χ2n) is 6.25. The highest BCUT2D eigenvalue weighted by atomic mass is 16.5. The highest BCUT2D eigenvalue weighted by Crippen LogP contribution is 2.31. The van der Waals surface area contributed by atoms with Crippen LogP contribution in [0, 0.1) is 6.92 Å². The molecule has 9 heteroatoms. The second-order valence-corrected chi connectivity index (χ2v) is 6.25. The Morgan fingerprint density at radius 2 is 1.96 bits per heavy atom. The lowest BCUT2D eigenvalue weighted by Crippen LogP contribution is -2.34. The largest absolute Gasteiger partial charge is 0.481 e. The summed E-state index contributed by atoms with van der Waals surface area (Å²) in [5, 5.41) is 13.3. The minimum Gasteiger partial charge on any atom is -0.481 e. The third-order valence-electron chi connectivity index (χ3n) is 4.33. The number of methoxy groups -OCH3 is 1. The summed E-state index contributed by atoms with van der Waals surface area (Å²) >= 11 is 0. The average Bonchev–Trinajstić information content (AvgIpc) is 3.08. The minimum atomic E-state index is -0.955. The Morgan fingerprint density at radius 3 is 2.67 bits per heavy atom. The SMILES string of the molecule is COc1nc(C)ccc1-c1cnn2ccc(N(C)CCN(C)C(=O)O)nc12. The van der Waals surface area contributed by atoms with E-state index in [0.29, 0.717) is 24.6 Å². The Balaban J connectivity index is 1.94. The van der Waals surface area contributed by atoms with Crippen LogP contribution >= 0.6 is 0 Å². The molecule has 27 heavy (non-hydrogen) atoms. The van der Waals surface area contributed by atoms with Crippen molar-refractivity contribution >= 4 is 17.6 Å². The van der Waals surface area contributed by atoms with Crippen molar-refractivity contribution in [3.05, 3.63) is 36.3 Å².